The maximum Gasteiger partial charge on any atom is 0.270 e. The summed E-state index contributed by atoms with van der Waals surface area (Å²) in [5, 5.41) is 17.5. The van der Waals surface area contributed by atoms with Crippen molar-refractivity contribution < 1.29 is 28.2 Å². The number of hydrogen-bond acceptors (Lipinski definition) is 5. The highest BCUT2D eigenvalue weighted by molar-refractivity contribution is 6.28. The Morgan fingerprint density at radius 3 is 2.62 bits per heavy atom. The van der Waals surface area contributed by atoms with Crippen LogP contribution in [-0.2, 0) is 15.5 Å². The molecular formula is C20H19F2N3O4. The van der Waals surface area contributed by atoms with Gasteiger partial charge in [-0.1, -0.05) is 12.1 Å². The molecule has 3 rings (SSSR count). The van der Waals surface area contributed by atoms with Crippen molar-refractivity contribution in [3.05, 3.63) is 48.0 Å². The lowest BCUT2D eigenvalue weighted by atomic mass is 10.0. The largest absolute Gasteiger partial charge is 0.504 e. The van der Waals surface area contributed by atoms with Gasteiger partial charge in [0.2, 0.25) is 5.91 Å². The highest BCUT2D eigenvalue weighted by atomic mass is 19.3. The second-order valence-electron chi connectivity index (χ2n) is 6.64. The number of nitrogens with one attached hydrogen (secondary N) is 1. The average Bonchev–Trinajstić information content (AvgIpc) is 2.95. The first-order valence-corrected chi connectivity index (χ1v) is 8.67. The Balaban J connectivity index is 1.80. The van der Waals surface area contributed by atoms with Crippen molar-refractivity contribution >= 4 is 28.9 Å². The fraction of sp³-hybridized carbons (Fsp3) is 0.250. The lowest BCUT2D eigenvalue weighted by Gasteiger charge is -2.16. The van der Waals surface area contributed by atoms with Crippen LogP contribution in [0.15, 0.2) is 47.6 Å². The first-order valence-electron chi connectivity index (χ1n) is 8.67. The molecule has 9 heteroatoms. The summed E-state index contributed by atoms with van der Waals surface area (Å²) in [4.78, 5) is 25.4. The highest BCUT2D eigenvalue weighted by Crippen LogP contribution is 2.33. The Kier molecular flexibility index (Phi) is 5.23. The third-order valence-corrected chi connectivity index (χ3v) is 4.44. The van der Waals surface area contributed by atoms with E-state index < -0.39 is 23.7 Å². The molecule has 0 saturated carbocycles. The van der Waals surface area contributed by atoms with E-state index in [1.54, 1.807) is 0 Å². The van der Waals surface area contributed by atoms with E-state index in [4.69, 9.17) is 4.74 Å². The highest BCUT2D eigenvalue weighted by Gasteiger charge is 2.40. The number of methoxy groups -OCH3 is 1. The van der Waals surface area contributed by atoms with Gasteiger partial charge in [0, 0.05) is 24.2 Å². The number of hydrazone groups is 1. The predicted molar refractivity (Wildman–Crippen MR) is 103 cm³/mol. The fourth-order valence-corrected chi connectivity index (χ4v) is 2.95. The molecule has 0 fully saturated rings. The Hall–Kier alpha value is -3.49. The number of benzene rings is 2. The number of phenolic OH excluding ortho intramolecular Hbond substituents is 1. The molecule has 1 unspecified atom stereocenters. The number of phenols is 1. The van der Waals surface area contributed by atoms with Crippen molar-refractivity contribution in [3.63, 3.8) is 0 Å². The number of carbonyl (C=O) groups excluding carboxylic acids is 2. The maximum absolute atomic E-state index is 13.5. The van der Waals surface area contributed by atoms with E-state index in [0.29, 0.717) is 0 Å². The number of rotatable bonds is 5. The first-order chi connectivity index (χ1) is 13.6. The molecule has 2 amide bonds. The van der Waals surface area contributed by atoms with Gasteiger partial charge in [-0.05, 0) is 31.2 Å². The van der Waals surface area contributed by atoms with Gasteiger partial charge in [-0.15, -0.1) is 0 Å². The van der Waals surface area contributed by atoms with Crippen LogP contribution in [0.3, 0.4) is 0 Å². The molecule has 2 N–H and O–H groups in total. The summed E-state index contributed by atoms with van der Waals surface area (Å²) >= 11 is 0. The number of anilines is 2. The van der Waals surface area contributed by atoms with Crippen molar-refractivity contribution in [1.29, 1.82) is 0 Å². The summed E-state index contributed by atoms with van der Waals surface area (Å²) in [6.07, 6.45) is 0. The number of alkyl halides is 2. The molecule has 7 nitrogen and oxygen atoms in total. The van der Waals surface area contributed by atoms with Gasteiger partial charge in [0.05, 0.1) is 18.5 Å². The molecule has 1 aliphatic rings. The molecule has 0 bridgehead atoms. The van der Waals surface area contributed by atoms with Gasteiger partial charge >= 0.3 is 0 Å². The summed E-state index contributed by atoms with van der Waals surface area (Å²) in [6, 6.07) is 9.53. The number of ether oxygens (including phenoxy) is 1. The van der Waals surface area contributed by atoms with Gasteiger partial charge in [0.1, 0.15) is 0 Å². The van der Waals surface area contributed by atoms with Crippen molar-refractivity contribution in [2.45, 2.75) is 19.8 Å². The zero-order chi connectivity index (χ0) is 21.3. The van der Waals surface area contributed by atoms with Crippen molar-refractivity contribution in [2.24, 2.45) is 11.0 Å². The van der Waals surface area contributed by atoms with Gasteiger partial charge < -0.3 is 15.2 Å². The van der Waals surface area contributed by atoms with Crippen LogP contribution >= 0.6 is 0 Å². The summed E-state index contributed by atoms with van der Waals surface area (Å²) < 4.78 is 32.0. The number of aromatic hydroxyl groups is 1. The first kappa shape index (κ1) is 20.2. The van der Waals surface area contributed by atoms with Crippen molar-refractivity contribution in [2.75, 3.05) is 17.4 Å². The van der Waals surface area contributed by atoms with Crippen molar-refractivity contribution in [3.8, 4) is 11.5 Å². The monoisotopic (exact) mass is 403 g/mol. The fourth-order valence-electron chi connectivity index (χ4n) is 2.95. The molecule has 1 atom stereocenters. The molecule has 2 aromatic rings. The van der Waals surface area contributed by atoms with E-state index in [0.717, 1.165) is 18.0 Å². The molecule has 0 saturated heterocycles. The number of carbonyl (C=O) groups is 2. The zero-order valence-electron chi connectivity index (χ0n) is 15.9. The molecular weight excluding hydrogens is 384 g/mol. The molecule has 2 aromatic carbocycles. The predicted octanol–water partition coefficient (Wildman–Crippen LogP) is 3.49. The quantitative estimate of drug-likeness (QED) is 0.748. The number of halogens is 2. The second-order valence-corrected chi connectivity index (χ2v) is 6.64. The molecule has 0 aromatic heterocycles. The molecule has 0 spiro atoms. The van der Waals surface area contributed by atoms with Crippen LogP contribution in [0.25, 0.3) is 0 Å². The Morgan fingerprint density at radius 2 is 2.00 bits per heavy atom. The van der Waals surface area contributed by atoms with Crippen LogP contribution < -0.4 is 15.1 Å². The molecule has 0 aliphatic carbocycles. The molecule has 152 valence electrons. The summed E-state index contributed by atoms with van der Waals surface area (Å²) in [5.41, 5.74) is 0.388. The summed E-state index contributed by atoms with van der Waals surface area (Å²) in [5.74, 6) is -5.55. The minimum absolute atomic E-state index is 0.148. The van der Waals surface area contributed by atoms with E-state index in [2.05, 4.69) is 10.4 Å². The Morgan fingerprint density at radius 1 is 1.28 bits per heavy atom. The Labute approximate surface area is 165 Å². The van der Waals surface area contributed by atoms with Gasteiger partial charge in [0.25, 0.3) is 11.8 Å². The van der Waals surface area contributed by atoms with Crippen LogP contribution in [0.1, 0.15) is 19.4 Å². The lowest BCUT2D eigenvalue weighted by molar-refractivity contribution is -0.127. The van der Waals surface area contributed by atoms with Crippen LogP contribution in [0.4, 0.5) is 20.2 Å². The van der Waals surface area contributed by atoms with Gasteiger partial charge in [-0.3, -0.25) is 9.59 Å². The maximum atomic E-state index is 13.5. The van der Waals surface area contributed by atoms with E-state index >= 15 is 0 Å². The van der Waals surface area contributed by atoms with Crippen molar-refractivity contribution in [1.82, 2.24) is 0 Å². The van der Waals surface area contributed by atoms with Gasteiger partial charge in [0.15, 0.2) is 17.4 Å². The van der Waals surface area contributed by atoms with Crippen LogP contribution in [-0.4, -0.2) is 29.7 Å². The molecule has 0 radical (unpaired) electrons. The number of nitrogens with zero attached hydrogens (tertiary/aromatic N) is 2. The second kappa shape index (κ2) is 7.50. The lowest BCUT2D eigenvalue weighted by Crippen LogP contribution is -2.36. The standard InChI is InChI=1S/C20H19F2N3O4/c1-11-17(18(27)23-13-6-4-5-12(9-13)20(2,21)22)19(28)25(24-11)14-7-8-16(29-3)15(26)10-14/h4-10,17,26H,1-3H3,(H,23,27). The molecule has 1 heterocycles. The Bertz CT molecular complexity index is 1000. The van der Waals surface area contributed by atoms with Crippen LogP contribution in [0.5, 0.6) is 11.5 Å². The minimum atomic E-state index is -3.06. The van der Waals surface area contributed by atoms with Crippen LogP contribution in [0.2, 0.25) is 0 Å². The smallest absolute Gasteiger partial charge is 0.270 e. The van der Waals surface area contributed by atoms with E-state index in [1.165, 1.54) is 50.4 Å². The summed E-state index contributed by atoms with van der Waals surface area (Å²) in [7, 11) is 1.39. The topological polar surface area (TPSA) is 91.2 Å². The zero-order valence-corrected chi connectivity index (χ0v) is 15.9. The average molecular weight is 403 g/mol. The number of hydrogen-bond donors (Lipinski definition) is 2. The molecule has 29 heavy (non-hydrogen) atoms. The number of amides is 2. The van der Waals surface area contributed by atoms with Crippen LogP contribution in [0, 0.1) is 5.92 Å². The third kappa shape index (κ3) is 4.03. The third-order valence-electron chi connectivity index (χ3n) is 4.44. The van der Waals surface area contributed by atoms with E-state index in [1.807, 2.05) is 0 Å². The van der Waals surface area contributed by atoms with Gasteiger partial charge in [-0.25, -0.2) is 8.78 Å². The SMILES string of the molecule is COc1ccc(N2N=C(C)C(C(=O)Nc3cccc(C(C)(F)F)c3)C2=O)cc1O. The minimum Gasteiger partial charge on any atom is -0.504 e. The van der Waals surface area contributed by atoms with Gasteiger partial charge in [-0.2, -0.15) is 10.1 Å². The van der Waals surface area contributed by atoms with E-state index in [9.17, 15) is 23.5 Å². The summed E-state index contributed by atoms with van der Waals surface area (Å²) in [6.45, 7) is 2.27. The molecule has 1 aliphatic heterocycles. The normalized spacial score (nSPS) is 16.6. The van der Waals surface area contributed by atoms with E-state index in [-0.39, 0.29) is 34.1 Å².